The first-order chi connectivity index (χ1) is 18.3. The van der Waals surface area contributed by atoms with Crippen LogP contribution in [-0.2, 0) is 22.5 Å². The van der Waals surface area contributed by atoms with Crippen molar-refractivity contribution in [2.24, 2.45) is 0 Å². The van der Waals surface area contributed by atoms with Crippen LogP contribution in [0.4, 0.5) is 14.6 Å². The van der Waals surface area contributed by atoms with Crippen LogP contribution in [0, 0.1) is 11.6 Å². The summed E-state index contributed by atoms with van der Waals surface area (Å²) in [7, 11) is 1.61. The Kier molecular flexibility index (Phi) is 7.28. The number of methoxy groups -OCH3 is 1. The Morgan fingerprint density at radius 1 is 1.26 bits per heavy atom. The Hall–Kier alpha value is -3.24. The fraction of sp³-hybridized carbons (Fsp3) is 0.393. The number of nitrogens with zero attached hydrogens (tertiary/aromatic N) is 4. The minimum absolute atomic E-state index is 0.0918. The number of halogens is 2. The van der Waals surface area contributed by atoms with Gasteiger partial charge in [-0.1, -0.05) is 13.5 Å². The van der Waals surface area contributed by atoms with Gasteiger partial charge in [0.05, 0.1) is 18.2 Å². The van der Waals surface area contributed by atoms with E-state index < -0.39 is 17.3 Å². The van der Waals surface area contributed by atoms with E-state index in [-0.39, 0.29) is 18.1 Å². The molecule has 0 bridgehead atoms. The second-order valence-corrected chi connectivity index (χ2v) is 10.7. The second-order valence-electron chi connectivity index (χ2n) is 9.64. The summed E-state index contributed by atoms with van der Waals surface area (Å²) < 4.78 is 36.2. The van der Waals surface area contributed by atoms with Crippen LogP contribution < -0.4 is 10.6 Å². The van der Waals surface area contributed by atoms with Crippen LogP contribution >= 0.6 is 11.8 Å². The van der Waals surface area contributed by atoms with Gasteiger partial charge in [-0.3, -0.25) is 9.36 Å². The van der Waals surface area contributed by atoms with Gasteiger partial charge in [0.15, 0.2) is 0 Å². The van der Waals surface area contributed by atoms with E-state index in [2.05, 4.69) is 16.5 Å². The molecule has 0 spiro atoms. The number of hydrogen-bond acceptors (Lipinski definition) is 6. The molecule has 2 atom stereocenters. The van der Waals surface area contributed by atoms with Crippen molar-refractivity contribution in [3.05, 3.63) is 64.6 Å². The van der Waals surface area contributed by atoms with Gasteiger partial charge in [-0.05, 0) is 43.2 Å². The minimum atomic E-state index is -0.650. The van der Waals surface area contributed by atoms with Crippen molar-refractivity contribution in [1.82, 2.24) is 14.5 Å². The fourth-order valence-corrected chi connectivity index (χ4v) is 6.75. The number of carbonyl (C=O) groups is 1. The topological polar surface area (TPSA) is 67.7 Å². The predicted molar refractivity (Wildman–Crippen MR) is 146 cm³/mol. The smallest absolute Gasteiger partial charge is 0.350 e. The van der Waals surface area contributed by atoms with E-state index in [1.54, 1.807) is 16.6 Å². The number of ether oxygens (including phenoxy) is 1. The summed E-state index contributed by atoms with van der Waals surface area (Å²) in [5.41, 5.74) is 2.11. The van der Waals surface area contributed by atoms with Gasteiger partial charge >= 0.3 is 5.69 Å². The summed E-state index contributed by atoms with van der Waals surface area (Å²) >= 11 is 1.52. The molecular formula is C28H30F2N4O3S. The molecule has 7 nitrogen and oxygen atoms in total. The summed E-state index contributed by atoms with van der Waals surface area (Å²) in [6.07, 6.45) is 1.66. The highest BCUT2D eigenvalue weighted by atomic mass is 32.2. The van der Waals surface area contributed by atoms with Crippen LogP contribution in [0.1, 0.15) is 19.4 Å². The number of carbonyl (C=O) groups excluding carboxylic acids is 1. The number of thioether (sulfide) groups is 1. The average Bonchev–Trinajstić information content (AvgIpc) is 3.11. The van der Waals surface area contributed by atoms with Gasteiger partial charge in [-0.25, -0.2) is 13.6 Å². The Bertz CT molecular complexity index is 1490. The summed E-state index contributed by atoms with van der Waals surface area (Å²) in [6, 6.07) is 5.50. The Balaban J connectivity index is 1.78. The Morgan fingerprint density at radius 3 is 2.71 bits per heavy atom. The van der Waals surface area contributed by atoms with E-state index in [9.17, 15) is 14.0 Å². The van der Waals surface area contributed by atoms with E-state index in [0.29, 0.717) is 60.8 Å². The molecule has 1 saturated heterocycles. The lowest BCUT2D eigenvalue weighted by atomic mass is 9.94. The quantitative estimate of drug-likeness (QED) is 0.451. The van der Waals surface area contributed by atoms with Crippen molar-refractivity contribution in [3.8, 4) is 11.1 Å². The van der Waals surface area contributed by atoms with Crippen molar-refractivity contribution >= 4 is 34.4 Å². The Morgan fingerprint density at radius 2 is 2.05 bits per heavy atom. The molecule has 3 heterocycles. The minimum Gasteiger partial charge on any atom is -0.379 e. The van der Waals surface area contributed by atoms with Crippen molar-refractivity contribution in [2.45, 2.75) is 43.9 Å². The van der Waals surface area contributed by atoms with Crippen molar-refractivity contribution < 1.29 is 18.3 Å². The molecule has 0 unspecified atom stereocenters. The maximum absolute atomic E-state index is 15.2. The van der Waals surface area contributed by atoms with Crippen LogP contribution in [0.15, 0.2) is 46.6 Å². The molecule has 0 aliphatic carbocycles. The van der Waals surface area contributed by atoms with Crippen molar-refractivity contribution in [1.29, 1.82) is 0 Å². The maximum atomic E-state index is 15.2. The van der Waals surface area contributed by atoms with Gasteiger partial charge in [0.25, 0.3) is 0 Å². The molecule has 0 N–H and O–H groups in total. The number of aromatic nitrogens is 2. The van der Waals surface area contributed by atoms with Gasteiger partial charge in [-0.15, -0.1) is 11.8 Å². The summed E-state index contributed by atoms with van der Waals surface area (Å²) in [5.74, 6) is -0.307. The summed E-state index contributed by atoms with van der Waals surface area (Å²) in [4.78, 5) is 34.9. The number of anilines is 1. The van der Waals surface area contributed by atoms with Crippen LogP contribution in [-0.4, -0.2) is 65.0 Å². The number of aryl methyl sites for hydroxylation is 1. The fourth-order valence-electron chi connectivity index (χ4n) is 5.42. The van der Waals surface area contributed by atoms with E-state index in [4.69, 9.17) is 4.74 Å². The van der Waals surface area contributed by atoms with Gasteiger partial charge in [0, 0.05) is 66.0 Å². The third-order valence-electron chi connectivity index (χ3n) is 7.38. The molecule has 10 heteroatoms. The van der Waals surface area contributed by atoms with E-state index in [1.165, 1.54) is 30.0 Å². The molecule has 1 amide bonds. The molecule has 200 valence electrons. The van der Waals surface area contributed by atoms with Gasteiger partial charge in [-0.2, -0.15) is 4.98 Å². The normalized spacial score (nSPS) is 19.5. The van der Waals surface area contributed by atoms with Gasteiger partial charge < -0.3 is 14.5 Å². The monoisotopic (exact) mass is 540 g/mol. The number of piperazine rings is 1. The van der Waals surface area contributed by atoms with E-state index in [1.807, 2.05) is 19.9 Å². The highest BCUT2D eigenvalue weighted by molar-refractivity contribution is 7.99. The molecule has 2 aromatic carbocycles. The molecule has 2 aliphatic rings. The van der Waals surface area contributed by atoms with Crippen LogP contribution in [0.5, 0.6) is 0 Å². The van der Waals surface area contributed by atoms with Crippen LogP contribution in [0.2, 0.25) is 0 Å². The standard InChI is InChI=1S/C28H30F2N4O3S/c1-5-17-11-21-25-26(24(17)20-8-7-18(29)12-22(20)30)38-15-19(37-4)14-34(25)28(36)31-27(21)33-10-9-32(13-16(33)3)23(35)6-2/h6-8,11-12,16,19H,2,5,9-10,13-15H2,1,3-4H3/t16-,19+/m0/s1. The molecule has 1 aromatic heterocycles. The molecule has 2 aliphatic heterocycles. The zero-order valence-electron chi connectivity index (χ0n) is 21.7. The zero-order valence-corrected chi connectivity index (χ0v) is 22.5. The molecule has 38 heavy (non-hydrogen) atoms. The average molecular weight is 541 g/mol. The highest BCUT2D eigenvalue weighted by Gasteiger charge is 2.32. The molecule has 1 fully saturated rings. The SMILES string of the molecule is C=CC(=O)N1CCN(c2nc(=O)n3c4c(c(-c5ccc(F)cc5F)c(CC)cc24)SC[C@H](OC)C3)[C@@H](C)C1. The highest BCUT2D eigenvalue weighted by Crippen LogP contribution is 2.44. The second kappa shape index (κ2) is 10.5. The molecule has 0 saturated carbocycles. The van der Waals surface area contributed by atoms with Crippen LogP contribution in [0.3, 0.4) is 0 Å². The van der Waals surface area contributed by atoms with Crippen LogP contribution in [0.25, 0.3) is 22.0 Å². The van der Waals surface area contributed by atoms with E-state index >= 15 is 4.39 Å². The molecule has 3 aromatic rings. The number of benzene rings is 2. The third kappa shape index (κ3) is 4.49. The first-order valence-corrected chi connectivity index (χ1v) is 13.6. The number of amides is 1. The van der Waals surface area contributed by atoms with Crippen molar-refractivity contribution in [3.63, 3.8) is 0 Å². The lowest BCUT2D eigenvalue weighted by Crippen LogP contribution is -2.54. The zero-order chi connectivity index (χ0) is 27.1. The van der Waals surface area contributed by atoms with E-state index in [0.717, 1.165) is 21.9 Å². The van der Waals surface area contributed by atoms with Gasteiger partial charge in [0.1, 0.15) is 17.5 Å². The first-order valence-electron chi connectivity index (χ1n) is 12.7. The molecule has 5 rings (SSSR count). The maximum Gasteiger partial charge on any atom is 0.350 e. The molecule has 0 radical (unpaired) electrons. The largest absolute Gasteiger partial charge is 0.379 e. The van der Waals surface area contributed by atoms with Crippen molar-refractivity contribution in [2.75, 3.05) is 37.4 Å². The lowest BCUT2D eigenvalue weighted by Gasteiger charge is -2.40. The summed E-state index contributed by atoms with van der Waals surface area (Å²) in [5, 5.41) is 0.794. The predicted octanol–water partition coefficient (Wildman–Crippen LogP) is 4.25. The molecular weight excluding hydrogens is 510 g/mol. The first kappa shape index (κ1) is 26.4. The third-order valence-corrected chi connectivity index (χ3v) is 8.61. The Labute approximate surface area is 224 Å². The van der Waals surface area contributed by atoms with Gasteiger partial charge in [0.2, 0.25) is 5.91 Å². The number of rotatable bonds is 5. The number of hydrogen-bond donors (Lipinski definition) is 0. The lowest BCUT2D eigenvalue weighted by molar-refractivity contribution is -0.126. The summed E-state index contributed by atoms with van der Waals surface area (Å²) in [6.45, 7) is 9.35.